The van der Waals surface area contributed by atoms with Crippen molar-refractivity contribution in [3.63, 3.8) is 0 Å². The van der Waals surface area contributed by atoms with Crippen LogP contribution in [0, 0.1) is 18.7 Å². The number of nitrogens with zero attached hydrogens (tertiary/aromatic N) is 2. The predicted molar refractivity (Wildman–Crippen MR) is 109 cm³/mol. The van der Waals surface area contributed by atoms with Gasteiger partial charge in [0.25, 0.3) is 5.56 Å². The molecule has 2 aliphatic rings. The topological polar surface area (TPSA) is 88.0 Å². The average molecular weight is 410 g/mol. The van der Waals surface area contributed by atoms with Gasteiger partial charge in [-0.15, -0.1) is 12.4 Å². The molecule has 6 nitrogen and oxygen atoms in total. The Hall–Kier alpha value is -2.12. The van der Waals surface area contributed by atoms with Gasteiger partial charge < -0.3 is 15.7 Å². The van der Waals surface area contributed by atoms with Crippen LogP contribution in [-0.2, 0) is 0 Å². The van der Waals surface area contributed by atoms with Gasteiger partial charge in [-0.1, -0.05) is 13.3 Å². The highest BCUT2D eigenvalue weighted by Crippen LogP contribution is 2.44. The van der Waals surface area contributed by atoms with E-state index in [4.69, 9.17) is 5.73 Å². The van der Waals surface area contributed by atoms with E-state index in [0.29, 0.717) is 35.8 Å². The van der Waals surface area contributed by atoms with Crippen LogP contribution < -0.4 is 16.2 Å². The van der Waals surface area contributed by atoms with Gasteiger partial charge in [-0.3, -0.25) is 9.20 Å². The summed E-state index contributed by atoms with van der Waals surface area (Å²) in [4.78, 5) is 26.1. The summed E-state index contributed by atoms with van der Waals surface area (Å²) >= 11 is 0. The second-order valence-corrected chi connectivity index (χ2v) is 7.80. The number of carboxylic acids is 1. The van der Waals surface area contributed by atoms with E-state index in [1.165, 1.54) is 10.5 Å². The molecule has 152 valence electrons. The summed E-state index contributed by atoms with van der Waals surface area (Å²) in [6, 6.07) is 1.47. The van der Waals surface area contributed by atoms with E-state index >= 15 is 4.39 Å². The van der Waals surface area contributed by atoms with Crippen molar-refractivity contribution in [1.29, 1.82) is 0 Å². The first-order valence-electron chi connectivity index (χ1n) is 9.45. The Morgan fingerprint density at radius 2 is 2.04 bits per heavy atom. The second-order valence-electron chi connectivity index (χ2n) is 7.80. The molecule has 2 aromatic rings. The van der Waals surface area contributed by atoms with Gasteiger partial charge in [0, 0.05) is 19.1 Å². The molecule has 1 aliphatic heterocycles. The van der Waals surface area contributed by atoms with Crippen LogP contribution >= 0.6 is 12.4 Å². The normalized spacial score (nSPS) is 21.8. The number of nitrogens with two attached hydrogens (primary N) is 1. The van der Waals surface area contributed by atoms with Crippen molar-refractivity contribution in [1.82, 2.24) is 4.40 Å². The summed E-state index contributed by atoms with van der Waals surface area (Å²) in [5.74, 6) is -1.27. The SMILES string of the molecule is CCC1CN(c2c(F)cn3c(=O)c(C(=O)O)cc(C4CC4)c3c2C)CC1N.Cl. The summed E-state index contributed by atoms with van der Waals surface area (Å²) < 4.78 is 16.2. The number of fused-ring (bicyclic) bond motifs is 1. The van der Waals surface area contributed by atoms with E-state index in [2.05, 4.69) is 6.92 Å². The zero-order valence-electron chi connectivity index (χ0n) is 15.9. The Labute approximate surface area is 168 Å². The van der Waals surface area contributed by atoms with Crippen LogP contribution in [0.2, 0.25) is 0 Å². The van der Waals surface area contributed by atoms with Gasteiger partial charge in [0.1, 0.15) is 5.56 Å². The zero-order valence-corrected chi connectivity index (χ0v) is 16.8. The molecule has 28 heavy (non-hydrogen) atoms. The number of hydrogen-bond donors (Lipinski definition) is 2. The van der Waals surface area contributed by atoms with Crippen molar-refractivity contribution in [2.75, 3.05) is 18.0 Å². The molecule has 1 aliphatic carbocycles. The van der Waals surface area contributed by atoms with E-state index in [1.54, 1.807) is 0 Å². The van der Waals surface area contributed by atoms with Gasteiger partial charge in [0.05, 0.1) is 17.4 Å². The van der Waals surface area contributed by atoms with Crippen LogP contribution in [-0.4, -0.2) is 34.6 Å². The summed E-state index contributed by atoms with van der Waals surface area (Å²) in [6.07, 6.45) is 3.97. The number of halogens is 2. The predicted octanol–water partition coefficient (Wildman–Crippen LogP) is 2.92. The van der Waals surface area contributed by atoms with Crippen LogP contribution in [0.4, 0.5) is 10.1 Å². The number of aromatic carboxylic acids is 1. The first-order valence-corrected chi connectivity index (χ1v) is 9.45. The Morgan fingerprint density at radius 1 is 1.36 bits per heavy atom. The maximum Gasteiger partial charge on any atom is 0.341 e. The number of hydrogen-bond acceptors (Lipinski definition) is 4. The lowest BCUT2D eigenvalue weighted by Crippen LogP contribution is -2.30. The third-order valence-corrected chi connectivity index (χ3v) is 6.02. The second kappa shape index (κ2) is 7.37. The number of aromatic nitrogens is 1. The molecule has 0 bridgehead atoms. The summed E-state index contributed by atoms with van der Waals surface area (Å²) in [6.45, 7) is 5.14. The highest BCUT2D eigenvalue weighted by molar-refractivity contribution is 5.89. The Balaban J connectivity index is 0.00000225. The third kappa shape index (κ3) is 3.16. The highest BCUT2D eigenvalue weighted by atomic mass is 35.5. The standard InChI is InChI=1S/C20H24FN3O3.ClH/c1-3-11-7-23(9-16(11)22)18-10(2)17-13(12-4-5-12)6-14(20(26)27)19(25)24(17)8-15(18)21;/h6,8,11-12,16H,3-5,7,9,22H2,1-2H3,(H,26,27);1H. The Morgan fingerprint density at radius 3 is 2.57 bits per heavy atom. The molecule has 3 heterocycles. The number of anilines is 1. The molecule has 1 saturated heterocycles. The van der Waals surface area contributed by atoms with E-state index in [9.17, 15) is 14.7 Å². The van der Waals surface area contributed by atoms with Crippen molar-refractivity contribution in [2.45, 2.75) is 45.1 Å². The first-order chi connectivity index (χ1) is 12.8. The Kier molecular flexibility index (Phi) is 5.42. The molecule has 8 heteroatoms. The molecule has 0 radical (unpaired) electrons. The number of aryl methyl sites for hydroxylation is 1. The van der Waals surface area contributed by atoms with Gasteiger partial charge in [-0.05, 0) is 48.8 Å². The summed E-state index contributed by atoms with van der Waals surface area (Å²) in [7, 11) is 0. The maximum atomic E-state index is 15.1. The number of carbonyl (C=O) groups is 1. The van der Waals surface area contributed by atoms with Crippen molar-refractivity contribution in [3.8, 4) is 0 Å². The minimum atomic E-state index is -1.28. The molecular weight excluding hydrogens is 385 g/mol. The lowest BCUT2D eigenvalue weighted by atomic mass is 10.0. The van der Waals surface area contributed by atoms with Gasteiger partial charge >= 0.3 is 5.97 Å². The van der Waals surface area contributed by atoms with E-state index in [-0.39, 0.29) is 29.9 Å². The molecule has 2 aromatic heterocycles. The molecule has 4 rings (SSSR count). The van der Waals surface area contributed by atoms with Crippen LogP contribution in [0.1, 0.15) is 53.6 Å². The molecular formula is C20H25ClFN3O3. The number of rotatable bonds is 4. The molecule has 1 saturated carbocycles. The fourth-order valence-corrected chi connectivity index (χ4v) is 4.40. The van der Waals surface area contributed by atoms with Crippen molar-refractivity contribution in [2.24, 2.45) is 11.7 Å². The monoisotopic (exact) mass is 409 g/mol. The van der Waals surface area contributed by atoms with Crippen LogP contribution in [0.5, 0.6) is 0 Å². The van der Waals surface area contributed by atoms with Crippen LogP contribution in [0.3, 0.4) is 0 Å². The zero-order chi connectivity index (χ0) is 19.5. The Bertz CT molecular complexity index is 1000. The van der Waals surface area contributed by atoms with Gasteiger partial charge in [-0.25, -0.2) is 9.18 Å². The minimum absolute atomic E-state index is 0. The summed E-state index contributed by atoms with van der Waals surface area (Å²) in [5.41, 5.74) is 7.82. The number of carboxylic acid groups (broad SMARTS) is 1. The lowest BCUT2D eigenvalue weighted by Gasteiger charge is -2.24. The van der Waals surface area contributed by atoms with Gasteiger partial charge in [0.2, 0.25) is 0 Å². The molecule has 0 aromatic carbocycles. The van der Waals surface area contributed by atoms with E-state index in [1.807, 2.05) is 11.8 Å². The fourth-order valence-electron chi connectivity index (χ4n) is 4.40. The van der Waals surface area contributed by atoms with Crippen LogP contribution in [0.15, 0.2) is 17.1 Å². The van der Waals surface area contributed by atoms with E-state index < -0.39 is 17.3 Å². The lowest BCUT2D eigenvalue weighted by molar-refractivity contribution is 0.0694. The first kappa shape index (κ1) is 20.6. The third-order valence-electron chi connectivity index (χ3n) is 6.02. The highest BCUT2D eigenvalue weighted by Gasteiger charge is 2.34. The van der Waals surface area contributed by atoms with Gasteiger partial charge in [-0.2, -0.15) is 0 Å². The summed E-state index contributed by atoms with van der Waals surface area (Å²) in [5, 5.41) is 9.37. The van der Waals surface area contributed by atoms with Crippen molar-refractivity contribution >= 4 is 29.6 Å². The van der Waals surface area contributed by atoms with E-state index in [0.717, 1.165) is 31.0 Å². The number of pyridine rings is 2. The smallest absolute Gasteiger partial charge is 0.341 e. The quantitative estimate of drug-likeness (QED) is 0.810. The molecule has 0 spiro atoms. The molecule has 3 N–H and O–H groups in total. The molecule has 2 fully saturated rings. The van der Waals surface area contributed by atoms with Crippen molar-refractivity contribution in [3.05, 3.63) is 45.1 Å². The largest absolute Gasteiger partial charge is 0.477 e. The maximum absolute atomic E-state index is 15.1. The van der Waals surface area contributed by atoms with Gasteiger partial charge in [0.15, 0.2) is 5.82 Å². The fraction of sp³-hybridized carbons (Fsp3) is 0.500. The minimum Gasteiger partial charge on any atom is -0.477 e. The average Bonchev–Trinajstić information content (AvgIpc) is 3.38. The van der Waals surface area contributed by atoms with Crippen molar-refractivity contribution < 1.29 is 14.3 Å². The molecule has 2 atom stereocenters. The molecule has 0 amide bonds. The molecule has 2 unspecified atom stereocenters. The van der Waals surface area contributed by atoms with Crippen LogP contribution in [0.25, 0.3) is 5.52 Å².